The number of benzene rings is 1. The average Bonchev–Trinajstić information content (AvgIpc) is 2.39. The zero-order valence-corrected chi connectivity index (χ0v) is 10.2. The first-order valence-corrected chi connectivity index (χ1v) is 5.30. The zero-order chi connectivity index (χ0) is 14.4. The van der Waals surface area contributed by atoms with Crippen molar-refractivity contribution >= 4 is 5.97 Å². The van der Waals surface area contributed by atoms with E-state index in [1.165, 1.54) is 12.1 Å². The Kier molecular flexibility index (Phi) is 5.21. The minimum Gasteiger partial charge on any atom is -0.469 e. The van der Waals surface area contributed by atoms with Crippen LogP contribution < -0.4 is 10.5 Å². The number of halogens is 2. The van der Waals surface area contributed by atoms with E-state index in [9.17, 15) is 13.6 Å². The molecule has 7 heteroatoms. The predicted octanol–water partition coefficient (Wildman–Crippen LogP) is 1.33. The Hall–Kier alpha value is -2.20. The minimum atomic E-state index is -3.05. The number of carbonyl (C=O) groups excluding carboxylic acids is 1. The molecule has 0 atom stereocenters. The molecule has 0 fully saturated rings. The topological polar surface area (TPSA) is 85.3 Å². The first-order chi connectivity index (χ1) is 9.03. The summed E-state index contributed by atoms with van der Waals surface area (Å²) in [6, 6.07) is 4.52. The van der Waals surface area contributed by atoms with E-state index >= 15 is 0 Å². The van der Waals surface area contributed by atoms with Crippen LogP contribution in [0.2, 0.25) is 0 Å². The highest BCUT2D eigenvalue weighted by Gasteiger charge is 2.19. The van der Waals surface area contributed by atoms with E-state index in [1.54, 1.807) is 0 Å². The fraction of sp³-hybridized carbons (Fsp3) is 0.333. The minimum absolute atomic E-state index is 0.0476. The Bertz CT molecular complexity index is 512. The lowest BCUT2D eigenvalue weighted by molar-refractivity contribution is -0.139. The van der Waals surface area contributed by atoms with Gasteiger partial charge in [0.05, 0.1) is 25.2 Å². The molecular formula is C12H12F2N2O3. The molecule has 5 nitrogen and oxygen atoms in total. The summed E-state index contributed by atoms with van der Waals surface area (Å²) < 4.78 is 33.3. The molecule has 0 heterocycles. The van der Waals surface area contributed by atoms with Gasteiger partial charge in [0.2, 0.25) is 0 Å². The van der Waals surface area contributed by atoms with Crippen LogP contribution in [0.15, 0.2) is 12.1 Å². The van der Waals surface area contributed by atoms with Crippen LogP contribution >= 0.6 is 0 Å². The van der Waals surface area contributed by atoms with E-state index in [4.69, 9.17) is 11.0 Å². The first kappa shape index (κ1) is 14.9. The van der Waals surface area contributed by atoms with Gasteiger partial charge in [0, 0.05) is 12.1 Å². The average molecular weight is 270 g/mol. The highest BCUT2D eigenvalue weighted by atomic mass is 19.3. The number of nitrogens with zero attached hydrogens (tertiary/aromatic N) is 1. The summed E-state index contributed by atoms with van der Waals surface area (Å²) in [4.78, 5) is 11.3. The standard InChI is InChI=1S/C12H12F2N2O3/c1-18-11(17)4-8-9(6-16)7(5-15)2-3-10(8)19-12(13)14/h2-3,12H,4-5,15H2,1H3. The number of hydrogen-bond donors (Lipinski definition) is 1. The second kappa shape index (κ2) is 6.66. The fourth-order valence-corrected chi connectivity index (χ4v) is 1.59. The van der Waals surface area contributed by atoms with Crippen molar-refractivity contribution < 1.29 is 23.0 Å². The van der Waals surface area contributed by atoms with E-state index in [-0.39, 0.29) is 29.8 Å². The third kappa shape index (κ3) is 3.63. The number of ether oxygens (including phenoxy) is 2. The molecule has 1 aromatic carbocycles. The lowest BCUT2D eigenvalue weighted by Gasteiger charge is -2.13. The Labute approximate surface area is 108 Å². The molecule has 0 saturated heterocycles. The molecule has 0 aliphatic rings. The van der Waals surface area contributed by atoms with Crippen LogP contribution in [-0.4, -0.2) is 19.7 Å². The second-order valence-corrected chi connectivity index (χ2v) is 3.52. The van der Waals surface area contributed by atoms with Gasteiger partial charge < -0.3 is 15.2 Å². The monoisotopic (exact) mass is 270 g/mol. The molecule has 0 aromatic heterocycles. The lowest BCUT2D eigenvalue weighted by Crippen LogP contribution is -2.13. The van der Waals surface area contributed by atoms with Gasteiger partial charge in [-0.1, -0.05) is 6.07 Å². The summed E-state index contributed by atoms with van der Waals surface area (Å²) in [5.41, 5.74) is 6.02. The normalized spacial score (nSPS) is 10.1. The summed E-state index contributed by atoms with van der Waals surface area (Å²) >= 11 is 0. The molecule has 102 valence electrons. The van der Waals surface area contributed by atoms with Crippen LogP contribution in [-0.2, 0) is 22.5 Å². The van der Waals surface area contributed by atoms with E-state index < -0.39 is 12.6 Å². The number of nitriles is 1. The van der Waals surface area contributed by atoms with Crippen LogP contribution in [0.25, 0.3) is 0 Å². The van der Waals surface area contributed by atoms with Crippen molar-refractivity contribution in [2.45, 2.75) is 19.6 Å². The van der Waals surface area contributed by atoms with E-state index in [2.05, 4.69) is 9.47 Å². The molecule has 0 bridgehead atoms. The molecule has 1 rings (SSSR count). The van der Waals surface area contributed by atoms with E-state index in [1.807, 2.05) is 6.07 Å². The van der Waals surface area contributed by atoms with Gasteiger partial charge >= 0.3 is 12.6 Å². The maximum atomic E-state index is 12.3. The largest absolute Gasteiger partial charge is 0.469 e. The van der Waals surface area contributed by atoms with Gasteiger partial charge in [0.15, 0.2) is 0 Å². The quantitative estimate of drug-likeness (QED) is 0.816. The molecule has 0 aliphatic carbocycles. The summed E-state index contributed by atoms with van der Waals surface area (Å²) in [5.74, 6) is -0.890. The van der Waals surface area contributed by atoms with Crippen molar-refractivity contribution in [1.29, 1.82) is 5.26 Å². The van der Waals surface area contributed by atoms with Crippen LogP contribution in [0.5, 0.6) is 5.75 Å². The Balaban J connectivity index is 3.31. The number of rotatable bonds is 5. The summed E-state index contributed by atoms with van der Waals surface area (Å²) in [6.07, 6.45) is -0.338. The Morgan fingerprint density at radius 1 is 1.53 bits per heavy atom. The molecule has 0 saturated carbocycles. The smallest absolute Gasteiger partial charge is 0.387 e. The molecule has 1 aromatic rings. The highest BCUT2D eigenvalue weighted by Crippen LogP contribution is 2.27. The van der Waals surface area contributed by atoms with Crippen LogP contribution in [0.4, 0.5) is 8.78 Å². The number of hydrogen-bond acceptors (Lipinski definition) is 5. The SMILES string of the molecule is COC(=O)Cc1c(OC(F)F)ccc(CN)c1C#N. The second-order valence-electron chi connectivity index (χ2n) is 3.52. The molecule has 0 spiro atoms. The van der Waals surface area contributed by atoms with Crippen LogP contribution in [0.3, 0.4) is 0 Å². The van der Waals surface area contributed by atoms with Crippen LogP contribution in [0.1, 0.15) is 16.7 Å². The van der Waals surface area contributed by atoms with Crippen molar-refractivity contribution in [2.24, 2.45) is 5.73 Å². The van der Waals surface area contributed by atoms with Gasteiger partial charge in [0.1, 0.15) is 5.75 Å². The maximum absolute atomic E-state index is 12.3. The third-order valence-electron chi connectivity index (χ3n) is 2.45. The van der Waals surface area contributed by atoms with Gasteiger partial charge in [-0.05, 0) is 11.6 Å². The fourth-order valence-electron chi connectivity index (χ4n) is 1.59. The molecule has 19 heavy (non-hydrogen) atoms. The van der Waals surface area contributed by atoms with Crippen LogP contribution in [0, 0.1) is 11.3 Å². The van der Waals surface area contributed by atoms with E-state index in [0.29, 0.717) is 5.56 Å². The summed E-state index contributed by atoms with van der Waals surface area (Å²) in [7, 11) is 1.16. The van der Waals surface area contributed by atoms with E-state index in [0.717, 1.165) is 7.11 Å². The molecule has 0 unspecified atom stereocenters. The van der Waals surface area contributed by atoms with Crippen molar-refractivity contribution in [3.63, 3.8) is 0 Å². The lowest BCUT2D eigenvalue weighted by atomic mass is 9.98. The van der Waals surface area contributed by atoms with Crippen molar-refractivity contribution in [1.82, 2.24) is 0 Å². The molecular weight excluding hydrogens is 258 g/mol. The Morgan fingerprint density at radius 3 is 2.68 bits per heavy atom. The van der Waals surface area contributed by atoms with Crippen molar-refractivity contribution in [3.05, 3.63) is 28.8 Å². The first-order valence-electron chi connectivity index (χ1n) is 5.30. The molecule has 0 amide bonds. The number of alkyl halides is 2. The van der Waals surface area contributed by atoms with Gasteiger partial charge in [0.25, 0.3) is 0 Å². The van der Waals surface area contributed by atoms with Gasteiger partial charge in [-0.2, -0.15) is 14.0 Å². The van der Waals surface area contributed by atoms with Gasteiger partial charge in [-0.15, -0.1) is 0 Å². The van der Waals surface area contributed by atoms with Crippen molar-refractivity contribution in [2.75, 3.05) is 7.11 Å². The third-order valence-corrected chi connectivity index (χ3v) is 2.45. The molecule has 2 N–H and O–H groups in total. The van der Waals surface area contributed by atoms with Gasteiger partial charge in [-0.3, -0.25) is 4.79 Å². The van der Waals surface area contributed by atoms with Crippen molar-refractivity contribution in [3.8, 4) is 11.8 Å². The number of methoxy groups -OCH3 is 1. The van der Waals surface area contributed by atoms with Gasteiger partial charge in [-0.25, -0.2) is 0 Å². The molecule has 0 aliphatic heterocycles. The highest BCUT2D eigenvalue weighted by molar-refractivity contribution is 5.75. The predicted molar refractivity (Wildman–Crippen MR) is 61.4 cm³/mol. The Morgan fingerprint density at radius 2 is 2.21 bits per heavy atom. The number of esters is 1. The summed E-state index contributed by atoms with van der Waals surface area (Å²) in [5, 5.41) is 9.07. The zero-order valence-electron chi connectivity index (χ0n) is 10.2. The number of nitrogens with two attached hydrogens (primary N) is 1. The molecule has 0 radical (unpaired) electrons. The number of carbonyl (C=O) groups is 1. The maximum Gasteiger partial charge on any atom is 0.387 e. The summed E-state index contributed by atoms with van der Waals surface area (Å²) in [6.45, 7) is -3.00.